The zero-order valence-corrected chi connectivity index (χ0v) is 12.8. The number of aryl methyl sites for hydroxylation is 1. The number of hydrogen-bond acceptors (Lipinski definition) is 2. The number of nitrogens with one attached hydrogen (secondary N) is 1. The summed E-state index contributed by atoms with van der Waals surface area (Å²) in [7, 11) is 0. The lowest BCUT2D eigenvalue weighted by molar-refractivity contribution is -0.138. The Kier molecular flexibility index (Phi) is 4.70. The highest BCUT2D eigenvalue weighted by atomic mass is 79.9. The van der Waals surface area contributed by atoms with Crippen LogP contribution in [-0.2, 0) is 6.18 Å². The van der Waals surface area contributed by atoms with Crippen molar-refractivity contribution < 1.29 is 13.2 Å². The Morgan fingerprint density at radius 1 is 1.10 bits per heavy atom. The van der Waals surface area contributed by atoms with E-state index in [0.717, 1.165) is 11.6 Å². The van der Waals surface area contributed by atoms with Crippen LogP contribution in [0.4, 0.5) is 13.2 Å². The van der Waals surface area contributed by atoms with Crippen LogP contribution in [0.3, 0.4) is 0 Å². The Bertz CT molecular complexity index is 641. The first kappa shape index (κ1) is 16.0. The number of alkyl halides is 3. The van der Waals surface area contributed by atoms with E-state index >= 15 is 0 Å². The molecule has 0 fully saturated rings. The second kappa shape index (κ2) is 6.17. The van der Waals surface area contributed by atoms with E-state index in [-0.39, 0.29) is 5.56 Å². The molecule has 0 spiro atoms. The van der Waals surface area contributed by atoms with Gasteiger partial charge in [-0.1, -0.05) is 46.3 Å². The van der Waals surface area contributed by atoms with Crippen molar-refractivity contribution in [2.75, 3.05) is 0 Å². The zero-order valence-electron chi connectivity index (χ0n) is 11.2. The van der Waals surface area contributed by atoms with E-state index in [1.807, 2.05) is 19.1 Å². The van der Waals surface area contributed by atoms with Gasteiger partial charge in [-0.15, -0.1) is 0 Å². The van der Waals surface area contributed by atoms with Crippen molar-refractivity contribution in [3.05, 3.63) is 69.2 Å². The fourth-order valence-electron chi connectivity index (χ4n) is 2.22. The van der Waals surface area contributed by atoms with Crippen molar-refractivity contribution in [2.45, 2.75) is 19.1 Å². The highest BCUT2D eigenvalue weighted by Gasteiger charge is 2.35. The molecule has 1 unspecified atom stereocenters. The fourth-order valence-corrected chi connectivity index (χ4v) is 2.94. The zero-order chi connectivity index (χ0) is 15.6. The van der Waals surface area contributed by atoms with Gasteiger partial charge in [0, 0.05) is 4.47 Å². The molecule has 2 aromatic carbocycles. The predicted octanol–water partition coefficient (Wildman–Crippen LogP) is 4.33. The molecule has 1 atom stereocenters. The molecule has 2 aromatic rings. The molecule has 2 rings (SSSR count). The van der Waals surface area contributed by atoms with E-state index in [4.69, 9.17) is 5.84 Å². The Morgan fingerprint density at radius 2 is 1.76 bits per heavy atom. The van der Waals surface area contributed by atoms with E-state index in [1.165, 1.54) is 12.1 Å². The second-order valence-electron chi connectivity index (χ2n) is 4.71. The quantitative estimate of drug-likeness (QED) is 0.633. The van der Waals surface area contributed by atoms with Gasteiger partial charge < -0.3 is 0 Å². The normalized spacial score (nSPS) is 13.2. The summed E-state index contributed by atoms with van der Waals surface area (Å²) in [6, 6.07) is 10.1. The van der Waals surface area contributed by atoms with Crippen LogP contribution in [0.5, 0.6) is 0 Å². The van der Waals surface area contributed by atoms with Crippen LogP contribution in [0.1, 0.15) is 28.3 Å². The average molecular weight is 359 g/mol. The van der Waals surface area contributed by atoms with Gasteiger partial charge in [-0.25, -0.2) is 5.43 Å². The Hall–Kier alpha value is -1.37. The topological polar surface area (TPSA) is 38.0 Å². The summed E-state index contributed by atoms with van der Waals surface area (Å²) in [5.41, 5.74) is 3.54. The van der Waals surface area contributed by atoms with Crippen LogP contribution < -0.4 is 11.3 Å². The molecule has 6 heteroatoms. The maximum Gasteiger partial charge on any atom is 0.416 e. The largest absolute Gasteiger partial charge is 0.416 e. The molecular formula is C15H14BrF3N2. The molecule has 0 aliphatic heterocycles. The number of hydrogen-bond donors (Lipinski definition) is 2. The van der Waals surface area contributed by atoms with Gasteiger partial charge in [0.15, 0.2) is 0 Å². The Labute approximate surface area is 129 Å². The van der Waals surface area contributed by atoms with Crippen LogP contribution in [0, 0.1) is 6.92 Å². The average Bonchev–Trinajstić information content (AvgIpc) is 2.41. The van der Waals surface area contributed by atoms with Crippen molar-refractivity contribution in [1.29, 1.82) is 0 Å². The van der Waals surface area contributed by atoms with E-state index in [0.29, 0.717) is 10.0 Å². The third-order valence-corrected chi connectivity index (χ3v) is 3.90. The van der Waals surface area contributed by atoms with E-state index in [2.05, 4.69) is 21.4 Å². The summed E-state index contributed by atoms with van der Waals surface area (Å²) in [6.45, 7) is 1.91. The Balaban J connectivity index is 2.57. The van der Waals surface area contributed by atoms with Gasteiger partial charge in [0.05, 0.1) is 11.6 Å². The lowest BCUT2D eigenvalue weighted by Gasteiger charge is -2.22. The van der Waals surface area contributed by atoms with E-state index < -0.39 is 17.8 Å². The molecule has 0 bridgehead atoms. The summed E-state index contributed by atoms with van der Waals surface area (Å²) in [6.07, 6.45) is -4.43. The third kappa shape index (κ3) is 3.45. The molecule has 2 nitrogen and oxygen atoms in total. The molecule has 21 heavy (non-hydrogen) atoms. The van der Waals surface area contributed by atoms with Gasteiger partial charge in [0.25, 0.3) is 0 Å². The molecular weight excluding hydrogens is 345 g/mol. The number of halogens is 4. The summed E-state index contributed by atoms with van der Waals surface area (Å²) in [5.74, 6) is 5.52. The molecule has 0 aliphatic carbocycles. The minimum Gasteiger partial charge on any atom is -0.271 e. The van der Waals surface area contributed by atoms with Crippen molar-refractivity contribution in [3.8, 4) is 0 Å². The van der Waals surface area contributed by atoms with Crippen molar-refractivity contribution >= 4 is 15.9 Å². The lowest BCUT2D eigenvalue weighted by atomic mass is 9.94. The monoisotopic (exact) mass is 358 g/mol. The van der Waals surface area contributed by atoms with Gasteiger partial charge in [0.1, 0.15) is 0 Å². The molecule has 3 N–H and O–H groups in total. The van der Waals surface area contributed by atoms with Crippen molar-refractivity contribution in [2.24, 2.45) is 5.84 Å². The second-order valence-corrected chi connectivity index (χ2v) is 5.56. The molecule has 0 saturated heterocycles. The van der Waals surface area contributed by atoms with Crippen LogP contribution in [0.25, 0.3) is 0 Å². The van der Waals surface area contributed by atoms with Gasteiger partial charge in [-0.3, -0.25) is 5.84 Å². The van der Waals surface area contributed by atoms with Gasteiger partial charge in [-0.2, -0.15) is 13.2 Å². The van der Waals surface area contributed by atoms with E-state index in [1.54, 1.807) is 12.1 Å². The molecule has 112 valence electrons. The SMILES string of the molecule is Cc1ccc(C(NN)c2ccccc2C(F)(F)F)c(Br)c1. The van der Waals surface area contributed by atoms with E-state index in [9.17, 15) is 13.2 Å². The first-order valence-electron chi connectivity index (χ1n) is 6.23. The van der Waals surface area contributed by atoms with Crippen LogP contribution >= 0.6 is 15.9 Å². The first-order chi connectivity index (χ1) is 9.84. The lowest BCUT2D eigenvalue weighted by Crippen LogP contribution is -2.31. The van der Waals surface area contributed by atoms with Crippen LogP contribution in [-0.4, -0.2) is 0 Å². The minimum absolute atomic E-state index is 0.0945. The maximum absolute atomic E-state index is 13.1. The summed E-state index contributed by atoms with van der Waals surface area (Å²) in [5, 5.41) is 0. The third-order valence-electron chi connectivity index (χ3n) is 3.21. The Morgan fingerprint density at radius 3 is 2.33 bits per heavy atom. The fraction of sp³-hybridized carbons (Fsp3) is 0.200. The van der Waals surface area contributed by atoms with Crippen LogP contribution in [0.15, 0.2) is 46.9 Å². The highest BCUT2D eigenvalue weighted by molar-refractivity contribution is 9.10. The number of hydrazine groups is 1. The van der Waals surface area contributed by atoms with Gasteiger partial charge >= 0.3 is 6.18 Å². The summed E-state index contributed by atoms with van der Waals surface area (Å²) < 4.78 is 40.1. The summed E-state index contributed by atoms with van der Waals surface area (Å²) in [4.78, 5) is 0. The number of nitrogens with two attached hydrogens (primary N) is 1. The smallest absolute Gasteiger partial charge is 0.271 e. The molecule has 0 radical (unpaired) electrons. The maximum atomic E-state index is 13.1. The van der Waals surface area contributed by atoms with Gasteiger partial charge in [-0.05, 0) is 35.7 Å². The van der Waals surface area contributed by atoms with Gasteiger partial charge in [0.2, 0.25) is 0 Å². The molecule has 0 saturated carbocycles. The highest BCUT2D eigenvalue weighted by Crippen LogP contribution is 2.37. The van der Waals surface area contributed by atoms with Crippen LogP contribution in [0.2, 0.25) is 0 Å². The minimum atomic E-state index is -4.43. The predicted molar refractivity (Wildman–Crippen MR) is 79.5 cm³/mol. The molecule has 0 aliphatic rings. The summed E-state index contributed by atoms with van der Waals surface area (Å²) >= 11 is 3.38. The molecule has 0 aromatic heterocycles. The molecule has 0 heterocycles. The number of rotatable bonds is 3. The molecule has 0 amide bonds. The standard InChI is InChI=1S/C15H14BrF3N2/c1-9-6-7-11(13(16)8-9)14(21-20)10-4-2-3-5-12(10)15(17,18)19/h2-8,14,21H,20H2,1H3. The van der Waals surface area contributed by atoms with Crippen molar-refractivity contribution in [1.82, 2.24) is 5.43 Å². The number of benzene rings is 2. The first-order valence-corrected chi connectivity index (χ1v) is 7.02. The van der Waals surface area contributed by atoms with Crippen molar-refractivity contribution in [3.63, 3.8) is 0 Å².